The van der Waals surface area contributed by atoms with Crippen molar-refractivity contribution in [1.29, 1.82) is 0 Å². The van der Waals surface area contributed by atoms with Crippen LogP contribution >= 0.6 is 0 Å². The molecule has 1 aliphatic heterocycles. The highest BCUT2D eigenvalue weighted by Crippen LogP contribution is 2.40. The Morgan fingerprint density at radius 2 is 1.77 bits per heavy atom. The second kappa shape index (κ2) is 6.72. The molecule has 0 radical (unpaired) electrons. The van der Waals surface area contributed by atoms with Crippen LogP contribution in [0.3, 0.4) is 0 Å². The minimum absolute atomic E-state index is 0.0623. The van der Waals surface area contributed by atoms with E-state index in [4.69, 9.17) is 0 Å². The van der Waals surface area contributed by atoms with Crippen LogP contribution in [0, 0.1) is 12.8 Å². The van der Waals surface area contributed by atoms with Crippen molar-refractivity contribution in [1.82, 2.24) is 4.41 Å². The van der Waals surface area contributed by atoms with Gasteiger partial charge in [-0.15, -0.1) is 6.58 Å². The molecule has 0 bridgehead atoms. The quantitative estimate of drug-likeness (QED) is 0.736. The highest BCUT2D eigenvalue weighted by atomic mass is 32.2. The number of hydrogen-bond acceptors (Lipinski definition) is 3. The summed E-state index contributed by atoms with van der Waals surface area (Å²) < 4.78 is 28.0. The van der Waals surface area contributed by atoms with Crippen LogP contribution in [0.5, 0.6) is 0 Å². The number of hydrogen-bond donors (Lipinski definition) is 0. The van der Waals surface area contributed by atoms with E-state index in [1.165, 1.54) is 4.41 Å². The Kier molecular flexibility index (Phi) is 4.76. The Bertz CT molecular complexity index is 934. The van der Waals surface area contributed by atoms with Crippen molar-refractivity contribution >= 4 is 15.7 Å². The second-order valence-electron chi connectivity index (χ2n) is 7.03. The van der Waals surface area contributed by atoms with E-state index in [0.29, 0.717) is 6.42 Å². The molecule has 0 spiro atoms. The van der Waals surface area contributed by atoms with E-state index < -0.39 is 15.6 Å². The van der Waals surface area contributed by atoms with Crippen LogP contribution in [-0.4, -0.2) is 24.1 Å². The van der Waals surface area contributed by atoms with Crippen molar-refractivity contribution < 1.29 is 8.42 Å². The molecule has 0 amide bonds. The molecule has 26 heavy (non-hydrogen) atoms. The van der Waals surface area contributed by atoms with Gasteiger partial charge in [-0.05, 0) is 37.5 Å². The standard InChI is InChI=1S/C21H24N2O2S/c1-5-17(3)21(4)15-20(18-9-7-6-8-10-18)22-23(21)26(24,25)19-13-11-16(2)12-14-19/h5-14,17H,1,15H2,2-4H3/t17-,21+/m0/s1. The van der Waals surface area contributed by atoms with Gasteiger partial charge in [0, 0.05) is 6.42 Å². The minimum atomic E-state index is -3.76. The minimum Gasteiger partial charge on any atom is -0.200 e. The van der Waals surface area contributed by atoms with Gasteiger partial charge in [0.1, 0.15) is 0 Å². The first-order chi connectivity index (χ1) is 12.3. The Morgan fingerprint density at radius 1 is 1.15 bits per heavy atom. The first-order valence-corrected chi connectivity index (χ1v) is 10.1. The van der Waals surface area contributed by atoms with Crippen molar-refractivity contribution in [3.8, 4) is 0 Å². The molecule has 2 aromatic rings. The summed E-state index contributed by atoms with van der Waals surface area (Å²) in [5.74, 6) is -0.0623. The smallest absolute Gasteiger partial charge is 0.200 e. The van der Waals surface area contributed by atoms with E-state index in [9.17, 15) is 8.42 Å². The summed E-state index contributed by atoms with van der Waals surface area (Å²) in [5, 5.41) is 4.57. The van der Waals surface area contributed by atoms with Gasteiger partial charge in [-0.3, -0.25) is 0 Å². The lowest BCUT2D eigenvalue weighted by molar-refractivity contribution is 0.193. The number of benzene rings is 2. The van der Waals surface area contributed by atoms with Crippen LogP contribution in [0.25, 0.3) is 0 Å². The van der Waals surface area contributed by atoms with Crippen molar-refractivity contribution in [3.63, 3.8) is 0 Å². The zero-order valence-electron chi connectivity index (χ0n) is 15.4. The summed E-state index contributed by atoms with van der Waals surface area (Å²) in [7, 11) is -3.76. The van der Waals surface area contributed by atoms with Crippen molar-refractivity contribution in [2.45, 2.75) is 37.6 Å². The van der Waals surface area contributed by atoms with Gasteiger partial charge in [-0.25, -0.2) is 0 Å². The maximum Gasteiger partial charge on any atom is 0.279 e. The summed E-state index contributed by atoms with van der Waals surface area (Å²) in [6.45, 7) is 9.72. The lowest BCUT2D eigenvalue weighted by Gasteiger charge is -2.37. The number of rotatable bonds is 5. The topological polar surface area (TPSA) is 49.7 Å². The van der Waals surface area contributed by atoms with E-state index in [1.54, 1.807) is 30.3 Å². The van der Waals surface area contributed by atoms with E-state index in [2.05, 4.69) is 11.7 Å². The average molecular weight is 369 g/mol. The van der Waals surface area contributed by atoms with E-state index in [1.807, 2.05) is 51.1 Å². The first kappa shape index (κ1) is 18.4. The van der Waals surface area contributed by atoms with Gasteiger partial charge in [-0.1, -0.05) is 61.0 Å². The Labute approximate surface area is 155 Å². The molecular weight excluding hydrogens is 344 g/mol. The average Bonchev–Trinajstić information content (AvgIpc) is 3.02. The van der Waals surface area contributed by atoms with Crippen molar-refractivity contribution in [3.05, 3.63) is 78.4 Å². The van der Waals surface area contributed by atoms with Crippen LogP contribution in [0.1, 0.15) is 31.4 Å². The van der Waals surface area contributed by atoms with E-state index in [0.717, 1.165) is 16.8 Å². The molecule has 1 aliphatic rings. The molecule has 0 unspecified atom stereocenters. The lowest BCUT2D eigenvalue weighted by atomic mass is 9.83. The van der Waals surface area contributed by atoms with Gasteiger partial charge in [0.2, 0.25) is 0 Å². The fourth-order valence-electron chi connectivity index (χ4n) is 3.18. The molecule has 0 saturated carbocycles. The molecule has 5 heteroatoms. The number of nitrogens with zero attached hydrogens (tertiary/aromatic N) is 2. The van der Waals surface area contributed by atoms with Gasteiger partial charge >= 0.3 is 0 Å². The van der Waals surface area contributed by atoms with Crippen LogP contribution in [0.4, 0.5) is 0 Å². The summed E-state index contributed by atoms with van der Waals surface area (Å²) in [4.78, 5) is 0.253. The second-order valence-corrected chi connectivity index (χ2v) is 8.80. The van der Waals surface area contributed by atoms with Gasteiger partial charge in [-0.2, -0.15) is 17.9 Å². The maximum absolute atomic E-state index is 13.3. The van der Waals surface area contributed by atoms with Gasteiger partial charge in [0.15, 0.2) is 0 Å². The Morgan fingerprint density at radius 3 is 2.35 bits per heavy atom. The molecule has 0 aromatic heterocycles. The summed E-state index contributed by atoms with van der Waals surface area (Å²) >= 11 is 0. The Balaban J connectivity index is 2.11. The molecule has 0 aliphatic carbocycles. The van der Waals surface area contributed by atoms with Gasteiger partial charge in [0.25, 0.3) is 10.0 Å². The third-order valence-corrected chi connectivity index (χ3v) is 6.98. The van der Waals surface area contributed by atoms with Crippen LogP contribution < -0.4 is 0 Å². The first-order valence-electron chi connectivity index (χ1n) is 8.66. The molecule has 0 fully saturated rings. The fraction of sp³-hybridized carbons (Fsp3) is 0.286. The van der Waals surface area contributed by atoms with Crippen molar-refractivity contribution in [2.75, 3.05) is 0 Å². The summed E-state index contributed by atoms with van der Waals surface area (Å²) in [6.07, 6.45) is 2.33. The van der Waals surface area contributed by atoms with Gasteiger partial charge < -0.3 is 0 Å². The molecule has 1 heterocycles. The van der Waals surface area contributed by atoms with Crippen LogP contribution in [0.15, 0.2) is 77.2 Å². The maximum atomic E-state index is 13.3. The number of aryl methyl sites for hydroxylation is 1. The lowest BCUT2D eigenvalue weighted by Crippen LogP contribution is -2.47. The third-order valence-electron chi connectivity index (χ3n) is 5.16. The molecule has 136 valence electrons. The summed E-state index contributed by atoms with van der Waals surface area (Å²) in [6, 6.07) is 16.6. The predicted octanol–water partition coefficient (Wildman–Crippen LogP) is 4.37. The van der Waals surface area contributed by atoms with Crippen molar-refractivity contribution in [2.24, 2.45) is 11.0 Å². The molecular formula is C21H24N2O2S. The van der Waals surface area contributed by atoms with Gasteiger partial charge in [0.05, 0.1) is 16.1 Å². The highest BCUT2D eigenvalue weighted by molar-refractivity contribution is 7.89. The van der Waals surface area contributed by atoms with Crippen LogP contribution in [0.2, 0.25) is 0 Å². The molecule has 2 aromatic carbocycles. The number of hydrazone groups is 1. The number of sulfonamides is 1. The van der Waals surface area contributed by atoms with E-state index in [-0.39, 0.29) is 10.8 Å². The summed E-state index contributed by atoms with van der Waals surface area (Å²) in [5.41, 5.74) is 2.03. The highest BCUT2D eigenvalue weighted by Gasteiger charge is 2.48. The molecule has 2 atom stereocenters. The van der Waals surface area contributed by atoms with Crippen LogP contribution in [-0.2, 0) is 10.0 Å². The molecule has 0 saturated heterocycles. The third kappa shape index (κ3) is 3.07. The zero-order chi connectivity index (χ0) is 18.9. The monoisotopic (exact) mass is 368 g/mol. The Hall–Kier alpha value is -2.40. The van der Waals surface area contributed by atoms with E-state index >= 15 is 0 Å². The molecule has 0 N–H and O–H groups in total. The predicted molar refractivity (Wildman–Crippen MR) is 106 cm³/mol. The largest absolute Gasteiger partial charge is 0.279 e. The molecule has 3 rings (SSSR count). The zero-order valence-corrected chi connectivity index (χ0v) is 16.2. The normalized spacial score (nSPS) is 21.3. The fourth-order valence-corrected chi connectivity index (χ4v) is 4.85. The molecule has 4 nitrogen and oxygen atoms in total. The SMILES string of the molecule is C=C[C@H](C)[C@@]1(C)CC(c2ccccc2)=NN1S(=O)(=O)c1ccc(C)cc1.